The molecule has 0 N–H and O–H groups in total. The Bertz CT molecular complexity index is 1290. The molecule has 2 fully saturated rings. The molecule has 5 rings (SSSR count). The zero-order valence-electron chi connectivity index (χ0n) is 22.7. The van der Waals surface area contributed by atoms with Crippen molar-refractivity contribution in [3.63, 3.8) is 0 Å². The van der Waals surface area contributed by atoms with E-state index in [2.05, 4.69) is 39.8 Å². The summed E-state index contributed by atoms with van der Waals surface area (Å²) in [4.78, 5) is 23.2. The molecule has 2 saturated heterocycles. The van der Waals surface area contributed by atoms with Crippen molar-refractivity contribution in [1.29, 1.82) is 0 Å². The first-order valence-corrected chi connectivity index (χ1v) is 13.9. The standard InChI is InChI=1S/C29H37ClN4O4/c1-19-15-22(25-23-9-13-34(16-21-10-14-36-17-21)26(23)32-27(30)31-25)5-6-24(19)37-18-20-7-11-33(12-8-20)28(35)38-29(2,3)4/h5-6,9,13,15,20-21H,7-8,10-12,14,16-18H2,1-4H3. The number of piperidine rings is 1. The summed E-state index contributed by atoms with van der Waals surface area (Å²) >= 11 is 6.37. The Morgan fingerprint density at radius 1 is 1.13 bits per heavy atom. The van der Waals surface area contributed by atoms with Crippen LogP contribution in [-0.2, 0) is 16.0 Å². The number of aromatic nitrogens is 3. The number of amides is 1. The SMILES string of the molecule is Cc1cc(-c2nc(Cl)nc3c2ccn3CC2CCOC2)ccc1OCC1CCN(C(=O)OC(C)(C)C)CC1. The van der Waals surface area contributed by atoms with Gasteiger partial charge in [-0.1, -0.05) is 0 Å². The molecule has 0 radical (unpaired) electrons. The number of nitrogens with zero attached hydrogens (tertiary/aromatic N) is 4. The van der Waals surface area contributed by atoms with E-state index in [9.17, 15) is 4.79 Å². The molecule has 1 amide bonds. The molecule has 0 bridgehead atoms. The Labute approximate surface area is 229 Å². The molecule has 3 aromatic rings. The van der Waals surface area contributed by atoms with E-state index >= 15 is 0 Å². The second-order valence-electron chi connectivity index (χ2n) is 11.5. The largest absolute Gasteiger partial charge is 0.493 e. The van der Waals surface area contributed by atoms with Gasteiger partial charge < -0.3 is 23.7 Å². The number of aryl methyl sites for hydroxylation is 1. The van der Waals surface area contributed by atoms with Gasteiger partial charge >= 0.3 is 6.09 Å². The Balaban J connectivity index is 1.23. The first kappa shape index (κ1) is 26.8. The minimum absolute atomic E-state index is 0.231. The fraction of sp³-hybridized carbons (Fsp3) is 0.552. The van der Waals surface area contributed by atoms with Crippen molar-refractivity contribution in [2.45, 2.75) is 59.1 Å². The van der Waals surface area contributed by atoms with Gasteiger partial charge in [-0.2, -0.15) is 4.98 Å². The quantitative estimate of drug-likeness (QED) is 0.350. The maximum atomic E-state index is 12.3. The number of halogens is 1. The minimum Gasteiger partial charge on any atom is -0.493 e. The van der Waals surface area contributed by atoms with E-state index in [1.165, 1.54) is 0 Å². The summed E-state index contributed by atoms with van der Waals surface area (Å²) in [5, 5.41) is 1.23. The van der Waals surface area contributed by atoms with Crippen molar-refractivity contribution in [1.82, 2.24) is 19.4 Å². The highest BCUT2D eigenvalue weighted by molar-refractivity contribution is 6.28. The van der Waals surface area contributed by atoms with Crippen LogP contribution in [0.5, 0.6) is 5.75 Å². The number of rotatable bonds is 6. The molecule has 2 aliphatic heterocycles. The molecule has 9 heteroatoms. The molecular weight excluding hydrogens is 504 g/mol. The van der Waals surface area contributed by atoms with Gasteiger partial charge in [0, 0.05) is 49.3 Å². The number of carbonyl (C=O) groups excluding carboxylic acids is 1. The van der Waals surface area contributed by atoms with Crippen molar-refractivity contribution in [3.05, 3.63) is 41.3 Å². The van der Waals surface area contributed by atoms with Crippen LogP contribution in [-0.4, -0.2) is 64.0 Å². The van der Waals surface area contributed by atoms with Gasteiger partial charge in [0.2, 0.25) is 5.28 Å². The van der Waals surface area contributed by atoms with Gasteiger partial charge in [-0.05, 0) is 94.3 Å². The van der Waals surface area contributed by atoms with Crippen LogP contribution < -0.4 is 4.74 Å². The summed E-state index contributed by atoms with van der Waals surface area (Å²) in [6.45, 7) is 12.2. The van der Waals surface area contributed by atoms with Crippen LogP contribution in [0.25, 0.3) is 22.3 Å². The highest BCUT2D eigenvalue weighted by Gasteiger charge is 2.27. The summed E-state index contributed by atoms with van der Waals surface area (Å²) < 4.78 is 19.4. The molecule has 4 heterocycles. The van der Waals surface area contributed by atoms with Gasteiger partial charge in [0.15, 0.2) is 0 Å². The molecule has 2 aromatic heterocycles. The molecule has 1 aromatic carbocycles. The molecule has 1 unspecified atom stereocenters. The molecule has 204 valence electrons. The van der Waals surface area contributed by atoms with Crippen molar-refractivity contribution < 1.29 is 19.0 Å². The molecule has 1 atom stereocenters. The lowest BCUT2D eigenvalue weighted by Gasteiger charge is -2.33. The highest BCUT2D eigenvalue weighted by atomic mass is 35.5. The fourth-order valence-corrected chi connectivity index (χ4v) is 5.35. The number of likely N-dealkylation sites (tertiary alicyclic amines) is 1. The van der Waals surface area contributed by atoms with E-state index in [-0.39, 0.29) is 11.4 Å². The second kappa shape index (κ2) is 11.1. The zero-order chi connectivity index (χ0) is 26.9. The molecule has 38 heavy (non-hydrogen) atoms. The number of benzene rings is 1. The van der Waals surface area contributed by atoms with Crippen LogP contribution in [0.4, 0.5) is 4.79 Å². The molecule has 0 saturated carbocycles. The lowest BCUT2D eigenvalue weighted by atomic mass is 9.98. The average Bonchev–Trinajstić information content (AvgIpc) is 3.52. The maximum Gasteiger partial charge on any atom is 0.410 e. The fourth-order valence-electron chi connectivity index (χ4n) is 5.19. The van der Waals surface area contributed by atoms with Gasteiger partial charge in [-0.25, -0.2) is 9.78 Å². The van der Waals surface area contributed by atoms with E-state index in [1.807, 2.05) is 32.9 Å². The first-order valence-electron chi connectivity index (χ1n) is 13.5. The van der Waals surface area contributed by atoms with Crippen LogP contribution >= 0.6 is 11.6 Å². The van der Waals surface area contributed by atoms with Crippen molar-refractivity contribution >= 4 is 28.7 Å². The third-order valence-corrected chi connectivity index (χ3v) is 7.43. The van der Waals surface area contributed by atoms with E-state index in [1.54, 1.807) is 4.90 Å². The molecule has 8 nitrogen and oxygen atoms in total. The van der Waals surface area contributed by atoms with Crippen LogP contribution in [0.15, 0.2) is 30.5 Å². The summed E-state index contributed by atoms with van der Waals surface area (Å²) in [7, 11) is 0. The summed E-state index contributed by atoms with van der Waals surface area (Å²) in [6, 6.07) is 8.21. The van der Waals surface area contributed by atoms with Gasteiger partial charge in [-0.3, -0.25) is 0 Å². The Morgan fingerprint density at radius 3 is 2.61 bits per heavy atom. The number of hydrogen-bond acceptors (Lipinski definition) is 6. The van der Waals surface area contributed by atoms with Gasteiger partial charge in [0.05, 0.1) is 18.9 Å². The van der Waals surface area contributed by atoms with Gasteiger partial charge in [-0.15, -0.1) is 0 Å². The molecular formula is C29H37ClN4O4. The van der Waals surface area contributed by atoms with Crippen LogP contribution in [0.2, 0.25) is 5.28 Å². The Hall–Kier alpha value is -2.84. The van der Waals surface area contributed by atoms with Gasteiger partial charge in [0.1, 0.15) is 17.0 Å². The highest BCUT2D eigenvalue weighted by Crippen LogP contribution is 2.32. The minimum atomic E-state index is -0.474. The van der Waals surface area contributed by atoms with Crippen molar-refractivity contribution in [2.75, 3.05) is 32.9 Å². The number of hydrogen-bond donors (Lipinski definition) is 0. The van der Waals surface area contributed by atoms with Gasteiger partial charge in [0.25, 0.3) is 0 Å². The predicted molar refractivity (Wildman–Crippen MR) is 148 cm³/mol. The lowest BCUT2D eigenvalue weighted by Crippen LogP contribution is -2.42. The van der Waals surface area contributed by atoms with E-state index < -0.39 is 5.60 Å². The zero-order valence-corrected chi connectivity index (χ0v) is 23.5. The molecule has 0 aliphatic carbocycles. The topological polar surface area (TPSA) is 78.7 Å². The van der Waals surface area contributed by atoms with Crippen molar-refractivity contribution in [2.24, 2.45) is 11.8 Å². The normalized spacial score (nSPS) is 18.8. The van der Waals surface area contributed by atoms with E-state index in [4.69, 9.17) is 25.8 Å². The predicted octanol–water partition coefficient (Wildman–Crippen LogP) is 6.12. The lowest BCUT2D eigenvalue weighted by molar-refractivity contribution is 0.0165. The van der Waals surface area contributed by atoms with Crippen LogP contribution in [0.1, 0.15) is 45.6 Å². The monoisotopic (exact) mass is 540 g/mol. The van der Waals surface area contributed by atoms with Crippen LogP contribution in [0.3, 0.4) is 0 Å². The molecule has 2 aliphatic rings. The summed E-state index contributed by atoms with van der Waals surface area (Å²) in [5.41, 5.74) is 3.22. The number of carbonyl (C=O) groups is 1. The van der Waals surface area contributed by atoms with E-state index in [0.29, 0.717) is 31.5 Å². The second-order valence-corrected chi connectivity index (χ2v) is 11.8. The van der Waals surface area contributed by atoms with Crippen molar-refractivity contribution in [3.8, 4) is 17.0 Å². The Morgan fingerprint density at radius 2 is 1.92 bits per heavy atom. The number of ether oxygens (including phenoxy) is 3. The number of fused-ring (bicyclic) bond motifs is 1. The molecule has 0 spiro atoms. The van der Waals surface area contributed by atoms with E-state index in [0.717, 1.165) is 72.6 Å². The maximum absolute atomic E-state index is 12.3. The Kier molecular flexibility index (Phi) is 7.82. The third-order valence-electron chi connectivity index (χ3n) is 7.26. The average molecular weight is 541 g/mol. The summed E-state index contributed by atoms with van der Waals surface area (Å²) in [6.07, 6.45) is 4.70. The van der Waals surface area contributed by atoms with Crippen LogP contribution in [0, 0.1) is 18.8 Å². The summed E-state index contributed by atoms with van der Waals surface area (Å²) in [5.74, 6) is 1.75. The first-order chi connectivity index (χ1) is 18.2. The smallest absolute Gasteiger partial charge is 0.410 e. The third kappa shape index (κ3) is 6.24.